The fraction of sp³-hybridized carbons (Fsp3) is 0.360. The SMILES string of the molecule is CCC#C/C=N\N(C)c1cc(C#N)ccc1C(=O)N(CC)C(C)COc1ccc(C(F)(F)F)cn1. The maximum Gasteiger partial charge on any atom is 0.417 e. The highest BCUT2D eigenvalue weighted by Gasteiger charge is 2.31. The molecule has 10 heteroatoms. The van der Waals surface area contributed by atoms with Gasteiger partial charge >= 0.3 is 6.18 Å². The third-order valence-electron chi connectivity index (χ3n) is 4.95. The van der Waals surface area contributed by atoms with E-state index in [0.29, 0.717) is 36.0 Å². The Morgan fingerprint density at radius 2 is 2.03 bits per heavy atom. The second-order valence-corrected chi connectivity index (χ2v) is 7.42. The van der Waals surface area contributed by atoms with Gasteiger partial charge in [0, 0.05) is 32.3 Å². The molecule has 0 N–H and O–H groups in total. The zero-order valence-electron chi connectivity index (χ0n) is 19.9. The van der Waals surface area contributed by atoms with Gasteiger partial charge in [0.15, 0.2) is 0 Å². The maximum atomic E-state index is 13.4. The Bertz CT molecular complexity index is 1140. The number of pyridine rings is 1. The maximum absolute atomic E-state index is 13.4. The van der Waals surface area contributed by atoms with E-state index in [2.05, 4.69) is 28.0 Å². The van der Waals surface area contributed by atoms with E-state index in [1.165, 1.54) is 11.2 Å². The molecule has 0 spiro atoms. The van der Waals surface area contributed by atoms with Crippen molar-refractivity contribution >= 4 is 17.8 Å². The average molecular weight is 486 g/mol. The summed E-state index contributed by atoms with van der Waals surface area (Å²) in [6.45, 7) is 5.84. The van der Waals surface area contributed by atoms with Crippen LogP contribution in [0.25, 0.3) is 0 Å². The number of amides is 1. The van der Waals surface area contributed by atoms with Crippen molar-refractivity contribution in [3.63, 3.8) is 0 Å². The molecule has 1 amide bonds. The number of hydrogen-bond acceptors (Lipinski definition) is 6. The Morgan fingerprint density at radius 3 is 2.60 bits per heavy atom. The number of nitriles is 1. The standard InChI is InChI=1S/C25H26F3N5O2/c1-5-7-8-13-31-32(4)22-14-19(15-29)9-11-21(22)24(34)33(6-2)18(3)17-35-23-12-10-20(16-30-23)25(26,27)28/h9-14,16,18H,5-6,17H2,1-4H3/b31-13-. The largest absolute Gasteiger partial charge is 0.475 e. The van der Waals surface area contributed by atoms with Gasteiger partial charge in [0.1, 0.15) is 6.61 Å². The lowest BCUT2D eigenvalue weighted by Gasteiger charge is -2.29. The molecule has 0 aliphatic heterocycles. The fourth-order valence-electron chi connectivity index (χ4n) is 3.11. The zero-order valence-corrected chi connectivity index (χ0v) is 19.9. The quantitative estimate of drug-likeness (QED) is 0.307. The molecule has 2 aromatic rings. The summed E-state index contributed by atoms with van der Waals surface area (Å²) in [6, 6.07) is 8.34. The Balaban J connectivity index is 2.21. The summed E-state index contributed by atoms with van der Waals surface area (Å²) in [6.07, 6.45) is -1.69. The van der Waals surface area contributed by atoms with Gasteiger partial charge in [-0.15, -0.1) is 0 Å². The number of anilines is 1. The molecule has 0 aliphatic carbocycles. The fourth-order valence-corrected chi connectivity index (χ4v) is 3.11. The number of ether oxygens (including phenoxy) is 1. The molecule has 1 unspecified atom stereocenters. The van der Waals surface area contributed by atoms with Gasteiger partial charge in [0.05, 0.1) is 40.7 Å². The molecule has 7 nitrogen and oxygen atoms in total. The Morgan fingerprint density at radius 1 is 1.29 bits per heavy atom. The average Bonchev–Trinajstić information content (AvgIpc) is 2.84. The second-order valence-electron chi connectivity index (χ2n) is 7.42. The van der Waals surface area contributed by atoms with Gasteiger partial charge in [-0.3, -0.25) is 9.80 Å². The van der Waals surface area contributed by atoms with Crippen molar-refractivity contribution in [3.8, 4) is 23.8 Å². The molecule has 0 aliphatic rings. The third kappa shape index (κ3) is 7.47. The van der Waals surface area contributed by atoms with Crippen LogP contribution in [0.3, 0.4) is 0 Å². The molecule has 0 saturated heterocycles. The molecular formula is C25H26F3N5O2. The van der Waals surface area contributed by atoms with Crippen molar-refractivity contribution in [2.45, 2.75) is 39.4 Å². The van der Waals surface area contributed by atoms with E-state index in [1.54, 1.807) is 44.0 Å². The van der Waals surface area contributed by atoms with Crippen LogP contribution in [0.15, 0.2) is 41.6 Å². The first-order valence-corrected chi connectivity index (χ1v) is 10.9. The number of rotatable bonds is 8. The highest BCUT2D eigenvalue weighted by molar-refractivity contribution is 6.00. The molecule has 2 rings (SSSR count). The first-order valence-electron chi connectivity index (χ1n) is 10.9. The molecule has 0 radical (unpaired) electrons. The second kappa shape index (κ2) is 12.4. The van der Waals surface area contributed by atoms with E-state index >= 15 is 0 Å². The molecule has 0 fully saturated rings. The Labute approximate surface area is 202 Å². The van der Waals surface area contributed by atoms with Crippen LogP contribution in [-0.2, 0) is 6.18 Å². The van der Waals surface area contributed by atoms with Crippen molar-refractivity contribution < 1.29 is 22.7 Å². The van der Waals surface area contributed by atoms with Gasteiger partial charge in [-0.25, -0.2) is 4.98 Å². The Hall–Kier alpha value is -4.05. The number of likely N-dealkylation sites (N-methyl/N-ethyl adjacent to an activating group) is 1. The predicted octanol–water partition coefficient (Wildman–Crippen LogP) is 4.74. The summed E-state index contributed by atoms with van der Waals surface area (Å²) in [4.78, 5) is 18.7. The molecule has 0 saturated carbocycles. The van der Waals surface area contributed by atoms with Crippen molar-refractivity contribution in [3.05, 3.63) is 53.2 Å². The number of hydrogen-bond donors (Lipinski definition) is 0. The normalized spacial score (nSPS) is 11.8. The van der Waals surface area contributed by atoms with E-state index in [4.69, 9.17) is 4.74 Å². The monoisotopic (exact) mass is 485 g/mol. The van der Waals surface area contributed by atoms with Gasteiger partial charge in [0.2, 0.25) is 5.88 Å². The van der Waals surface area contributed by atoms with E-state index < -0.39 is 17.8 Å². The van der Waals surface area contributed by atoms with Crippen LogP contribution in [0, 0.1) is 23.2 Å². The lowest BCUT2D eigenvalue weighted by molar-refractivity contribution is -0.137. The summed E-state index contributed by atoms with van der Waals surface area (Å²) in [7, 11) is 1.65. The van der Waals surface area contributed by atoms with E-state index in [9.17, 15) is 23.2 Å². The van der Waals surface area contributed by atoms with Gasteiger partial charge in [-0.2, -0.15) is 23.5 Å². The van der Waals surface area contributed by atoms with Crippen molar-refractivity contribution in [2.24, 2.45) is 5.10 Å². The van der Waals surface area contributed by atoms with Crippen LogP contribution in [0.1, 0.15) is 48.7 Å². The molecule has 1 aromatic carbocycles. The molecule has 1 atom stereocenters. The topological polar surface area (TPSA) is 81.8 Å². The van der Waals surface area contributed by atoms with Gasteiger partial charge in [-0.1, -0.05) is 18.8 Å². The van der Waals surface area contributed by atoms with E-state index in [1.807, 2.05) is 6.92 Å². The molecule has 35 heavy (non-hydrogen) atoms. The summed E-state index contributed by atoms with van der Waals surface area (Å²) in [5.41, 5.74) is 0.253. The highest BCUT2D eigenvalue weighted by atomic mass is 19.4. The molecule has 0 bridgehead atoms. The number of carbonyl (C=O) groups excluding carboxylic acids is 1. The third-order valence-corrected chi connectivity index (χ3v) is 4.95. The summed E-state index contributed by atoms with van der Waals surface area (Å²) in [5.74, 6) is 5.36. The summed E-state index contributed by atoms with van der Waals surface area (Å²) >= 11 is 0. The van der Waals surface area contributed by atoms with Crippen LogP contribution >= 0.6 is 0 Å². The first-order chi connectivity index (χ1) is 16.6. The number of hydrazone groups is 1. The van der Waals surface area contributed by atoms with Crippen LogP contribution in [0.4, 0.5) is 18.9 Å². The first kappa shape index (κ1) is 27.2. The van der Waals surface area contributed by atoms with Crippen molar-refractivity contribution in [1.82, 2.24) is 9.88 Å². The smallest absolute Gasteiger partial charge is 0.417 e. The van der Waals surface area contributed by atoms with Crippen molar-refractivity contribution in [1.29, 1.82) is 5.26 Å². The minimum atomic E-state index is -4.48. The lowest BCUT2D eigenvalue weighted by atomic mass is 10.1. The highest BCUT2D eigenvalue weighted by Crippen LogP contribution is 2.29. The van der Waals surface area contributed by atoms with Gasteiger partial charge in [-0.05, 0) is 38.1 Å². The molecule has 1 aromatic heterocycles. The summed E-state index contributed by atoms with van der Waals surface area (Å²) in [5, 5.41) is 15.0. The Kier molecular flexibility index (Phi) is 9.65. The van der Waals surface area contributed by atoms with E-state index in [-0.39, 0.29) is 18.4 Å². The predicted molar refractivity (Wildman–Crippen MR) is 127 cm³/mol. The van der Waals surface area contributed by atoms with Gasteiger partial charge < -0.3 is 9.64 Å². The number of halogens is 3. The van der Waals surface area contributed by atoms with E-state index in [0.717, 1.165) is 12.1 Å². The number of nitrogens with zero attached hydrogens (tertiary/aromatic N) is 5. The van der Waals surface area contributed by atoms with Crippen LogP contribution in [-0.4, -0.2) is 48.2 Å². The van der Waals surface area contributed by atoms with Crippen LogP contribution < -0.4 is 9.75 Å². The number of alkyl halides is 3. The van der Waals surface area contributed by atoms with Crippen LogP contribution in [0.5, 0.6) is 5.88 Å². The zero-order chi connectivity index (χ0) is 26.0. The lowest BCUT2D eigenvalue weighted by Crippen LogP contribution is -2.42. The van der Waals surface area contributed by atoms with Crippen molar-refractivity contribution in [2.75, 3.05) is 25.2 Å². The minimum Gasteiger partial charge on any atom is -0.475 e. The van der Waals surface area contributed by atoms with Crippen LogP contribution in [0.2, 0.25) is 0 Å². The summed E-state index contributed by atoms with van der Waals surface area (Å²) < 4.78 is 43.7. The minimum absolute atomic E-state index is 0.0180. The molecule has 1 heterocycles. The number of benzene rings is 1. The molecular weight excluding hydrogens is 459 g/mol. The molecule has 184 valence electrons. The number of aromatic nitrogens is 1. The van der Waals surface area contributed by atoms with Gasteiger partial charge in [0.25, 0.3) is 5.91 Å². The number of carbonyl (C=O) groups is 1.